The van der Waals surface area contributed by atoms with Crippen LogP contribution >= 0.6 is 0 Å². The number of rotatable bonds is 4. The van der Waals surface area contributed by atoms with Crippen LogP contribution in [0.25, 0.3) is 0 Å². The van der Waals surface area contributed by atoms with E-state index in [1.54, 1.807) is 7.11 Å². The second kappa shape index (κ2) is 5.32. The molecule has 0 aromatic heterocycles. The predicted octanol–water partition coefficient (Wildman–Crippen LogP) is 0.361. The van der Waals surface area contributed by atoms with Gasteiger partial charge in [-0.15, -0.1) is 0 Å². The lowest BCUT2D eigenvalue weighted by Gasteiger charge is -2.20. The lowest BCUT2D eigenvalue weighted by molar-refractivity contribution is -0.132. The third kappa shape index (κ3) is 2.69. The lowest BCUT2D eigenvalue weighted by Crippen LogP contribution is -2.42. The first kappa shape index (κ1) is 11.5. The molecule has 82 valence electrons. The molecule has 2 N–H and O–H groups in total. The highest BCUT2D eigenvalue weighted by Gasteiger charge is 2.28. The molecule has 1 heterocycles. The highest BCUT2D eigenvalue weighted by molar-refractivity contribution is 5.81. The minimum absolute atomic E-state index is 0.0754. The Labute approximate surface area is 85.4 Å². The Kier molecular flexibility index (Phi) is 4.35. The fourth-order valence-electron chi connectivity index (χ4n) is 1.79. The molecule has 1 saturated heterocycles. The molecule has 0 bridgehead atoms. The molecule has 1 aliphatic heterocycles. The number of hydrogen-bond acceptors (Lipinski definition) is 3. The largest absolute Gasteiger partial charge is 0.380 e. The number of hydrogen-bond donors (Lipinski definition) is 1. The van der Waals surface area contributed by atoms with Crippen LogP contribution in [0.15, 0.2) is 0 Å². The highest BCUT2D eigenvalue weighted by atomic mass is 16.5. The van der Waals surface area contributed by atoms with Gasteiger partial charge in [0.2, 0.25) is 5.91 Å². The van der Waals surface area contributed by atoms with E-state index in [2.05, 4.69) is 0 Å². The molecule has 1 aliphatic rings. The fraction of sp³-hybridized carbons (Fsp3) is 0.900. The maximum Gasteiger partial charge on any atom is 0.239 e. The summed E-state index contributed by atoms with van der Waals surface area (Å²) in [6, 6.07) is -0.324. The Morgan fingerprint density at radius 3 is 2.93 bits per heavy atom. The number of ether oxygens (including phenoxy) is 1. The van der Waals surface area contributed by atoms with Crippen molar-refractivity contribution in [1.29, 1.82) is 0 Å². The third-order valence-electron chi connectivity index (χ3n) is 2.71. The van der Waals surface area contributed by atoms with Crippen LogP contribution in [0.5, 0.6) is 0 Å². The maximum atomic E-state index is 11.7. The van der Waals surface area contributed by atoms with E-state index in [0.29, 0.717) is 6.54 Å². The molecule has 4 heteroatoms. The summed E-state index contributed by atoms with van der Waals surface area (Å²) in [4.78, 5) is 13.6. The number of nitrogens with two attached hydrogens (primary N) is 1. The Hall–Kier alpha value is -0.610. The van der Waals surface area contributed by atoms with Gasteiger partial charge in [-0.2, -0.15) is 0 Å². The van der Waals surface area contributed by atoms with E-state index in [1.807, 2.05) is 11.8 Å². The predicted molar refractivity (Wildman–Crippen MR) is 54.9 cm³/mol. The highest BCUT2D eigenvalue weighted by Crippen LogP contribution is 2.13. The molecule has 0 aromatic carbocycles. The number of likely N-dealkylation sites (tertiary alicyclic amines) is 1. The number of carbonyl (C=O) groups excluding carboxylic acids is 1. The second-order valence-corrected chi connectivity index (χ2v) is 3.83. The summed E-state index contributed by atoms with van der Waals surface area (Å²) in [5.74, 6) is 0.0754. The summed E-state index contributed by atoms with van der Waals surface area (Å²) in [5.41, 5.74) is 5.76. The molecule has 0 aromatic rings. The second-order valence-electron chi connectivity index (χ2n) is 3.83. The van der Waals surface area contributed by atoms with Crippen molar-refractivity contribution in [3.8, 4) is 0 Å². The Balaban J connectivity index is 2.38. The molecule has 0 saturated carbocycles. The van der Waals surface area contributed by atoms with Crippen LogP contribution in [-0.4, -0.2) is 43.2 Å². The van der Waals surface area contributed by atoms with Crippen LogP contribution in [0.1, 0.15) is 26.2 Å². The van der Waals surface area contributed by atoms with Gasteiger partial charge in [-0.25, -0.2) is 0 Å². The van der Waals surface area contributed by atoms with Gasteiger partial charge in [0.05, 0.1) is 12.1 Å². The molecule has 14 heavy (non-hydrogen) atoms. The molecule has 0 aliphatic carbocycles. The van der Waals surface area contributed by atoms with Crippen LogP contribution < -0.4 is 5.73 Å². The fourth-order valence-corrected chi connectivity index (χ4v) is 1.79. The monoisotopic (exact) mass is 200 g/mol. The van der Waals surface area contributed by atoms with E-state index >= 15 is 0 Å². The summed E-state index contributed by atoms with van der Waals surface area (Å²) >= 11 is 0. The molecule has 2 atom stereocenters. The average molecular weight is 200 g/mol. The Bertz CT molecular complexity index is 197. The number of amides is 1. The number of carbonyl (C=O) groups is 1. The van der Waals surface area contributed by atoms with Crippen LogP contribution in [0.3, 0.4) is 0 Å². The van der Waals surface area contributed by atoms with Crippen molar-refractivity contribution >= 4 is 5.91 Å². The van der Waals surface area contributed by atoms with Gasteiger partial charge in [0.15, 0.2) is 0 Å². The standard InChI is InChI=1S/C10H20N2O2/c1-3-4-9(11)10(13)12-6-5-8(7-12)14-2/h8-9H,3-7,11H2,1-2H3. The topological polar surface area (TPSA) is 55.6 Å². The van der Waals surface area contributed by atoms with E-state index in [-0.39, 0.29) is 18.1 Å². The van der Waals surface area contributed by atoms with E-state index in [4.69, 9.17) is 10.5 Å². The number of nitrogens with zero attached hydrogens (tertiary/aromatic N) is 1. The van der Waals surface area contributed by atoms with Gasteiger partial charge < -0.3 is 15.4 Å². The smallest absolute Gasteiger partial charge is 0.239 e. The van der Waals surface area contributed by atoms with Crippen molar-refractivity contribution in [2.75, 3.05) is 20.2 Å². The molecular weight excluding hydrogens is 180 g/mol. The van der Waals surface area contributed by atoms with Gasteiger partial charge >= 0.3 is 0 Å². The van der Waals surface area contributed by atoms with E-state index in [0.717, 1.165) is 25.8 Å². The summed E-state index contributed by atoms with van der Waals surface area (Å²) in [7, 11) is 1.69. The molecular formula is C10H20N2O2. The van der Waals surface area contributed by atoms with Crippen molar-refractivity contribution in [2.24, 2.45) is 5.73 Å². The first-order valence-corrected chi connectivity index (χ1v) is 5.26. The SMILES string of the molecule is CCCC(N)C(=O)N1CCC(OC)C1. The van der Waals surface area contributed by atoms with Gasteiger partial charge in [0.1, 0.15) is 0 Å². The molecule has 1 fully saturated rings. The quantitative estimate of drug-likeness (QED) is 0.713. The summed E-state index contributed by atoms with van der Waals surface area (Å²) in [5, 5.41) is 0. The van der Waals surface area contributed by atoms with Crippen LogP contribution in [0.2, 0.25) is 0 Å². The van der Waals surface area contributed by atoms with Crippen molar-refractivity contribution in [3.63, 3.8) is 0 Å². The summed E-state index contributed by atoms with van der Waals surface area (Å²) < 4.78 is 5.20. The normalized spacial score (nSPS) is 23.9. The van der Waals surface area contributed by atoms with Gasteiger partial charge in [-0.1, -0.05) is 13.3 Å². The van der Waals surface area contributed by atoms with Crippen molar-refractivity contribution < 1.29 is 9.53 Å². The lowest BCUT2D eigenvalue weighted by atomic mass is 10.1. The Morgan fingerprint density at radius 2 is 2.43 bits per heavy atom. The van der Waals surface area contributed by atoms with E-state index < -0.39 is 0 Å². The zero-order chi connectivity index (χ0) is 10.6. The van der Waals surface area contributed by atoms with Crippen molar-refractivity contribution in [2.45, 2.75) is 38.3 Å². The van der Waals surface area contributed by atoms with Crippen molar-refractivity contribution in [1.82, 2.24) is 4.90 Å². The van der Waals surface area contributed by atoms with Gasteiger partial charge in [0.25, 0.3) is 0 Å². The van der Waals surface area contributed by atoms with Crippen molar-refractivity contribution in [3.05, 3.63) is 0 Å². The average Bonchev–Trinajstić information content (AvgIpc) is 2.65. The molecule has 2 unspecified atom stereocenters. The summed E-state index contributed by atoms with van der Waals surface area (Å²) in [6.07, 6.45) is 2.86. The molecule has 1 rings (SSSR count). The van der Waals surface area contributed by atoms with E-state index in [9.17, 15) is 4.79 Å². The molecule has 0 spiro atoms. The first-order valence-electron chi connectivity index (χ1n) is 5.26. The van der Waals surface area contributed by atoms with Crippen LogP contribution in [0.4, 0.5) is 0 Å². The van der Waals surface area contributed by atoms with Crippen LogP contribution in [0, 0.1) is 0 Å². The minimum atomic E-state index is -0.324. The molecule has 0 radical (unpaired) electrons. The minimum Gasteiger partial charge on any atom is -0.380 e. The maximum absolute atomic E-state index is 11.7. The zero-order valence-electron chi connectivity index (χ0n) is 9.03. The first-order chi connectivity index (χ1) is 6.69. The van der Waals surface area contributed by atoms with Gasteiger partial charge in [0, 0.05) is 20.2 Å². The van der Waals surface area contributed by atoms with Gasteiger partial charge in [-0.3, -0.25) is 4.79 Å². The van der Waals surface area contributed by atoms with Crippen LogP contribution in [-0.2, 0) is 9.53 Å². The van der Waals surface area contributed by atoms with Gasteiger partial charge in [-0.05, 0) is 12.8 Å². The zero-order valence-corrected chi connectivity index (χ0v) is 9.03. The molecule has 1 amide bonds. The Morgan fingerprint density at radius 1 is 1.71 bits per heavy atom. The molecule has 4 nitrogen and oxygen atoms in total. The van der Waals surface area contributed by atoms with E-state index in [1.165, 1.54) is 0 Å². The number of methoxy groups -OCH3 is 1. The third-order valence-corrected chi connectivity index (χ3v) is 2.71. The summed E-state index contributed by atoms with van der Waals surface area (Å²) in [6.45, 7) is 3.52.